The van der Waals surface area contributed by atoms with E-state index in [0.717, 1.165) is 5.03 Å². The maximum atomic E-state index is 11.2. The van der Waals surface area contributed by atoms with Gasteiger partial charge < -0.3 is 4.74 Å². The number of thioether (sulfide) groups is 1. The second kappa shape index (κ2) is 5.00. The molecule has 1 rings (SSSR count). The van der Waals surface area contributed by atoms with Crippen LogP contribution in [0.1, 0.15) is 24.2 Å². The number of hydrogen-bond acceptors (Lipinski definition) is 4. The Morgan fingerprint density at radius 2 is 2.29 bits per heavy atom. The number of pyridine rings is 1. The summed E-state index contributed by atoms with van der Waals surface area (Å²) in [4.78, 5) is 15.3. The first-order valence-electron chi connectivity index (χ1n) is 4.34. The molecule has 0 aliphatic heterocycles. The van der Waals surface area contributed by atoms with E-state index in [2.05, 4.69) is 23.6 Å². The quantitative estimate of drug-likeness (QED) is 0.568. The molecule has 14 heavy (non-hydrogen) atoms. The summed E-state index contributed by atoms with van der Waals surface area (Å²) < 4.78 is 4.62. The molecule has 0 spiro atoms. The monoisotopic (exact) mass is 211 g/mol. The van der Waals surface area contributed by atoms with Gasteiger partial charge in [-0.15, -0.1) is 11.8 Å². The van der Waals surface area contributed by atoms with Gasteiger partial charge in [0.1, 0.15) is 0 Å². The normalized spacial score (nSPS) is 10.3. The summed E-state index contributed by atoms with van der Waals surface area (Å²) in [6.07, 6.45) is 1.62. The van der Waals surface area contributed by atoms with Gasteiger partial charge in [0, 0.05) is 11.4 Å². The molecule has 0 amide bonds. The molecule has 0 aromatic carbocycles. The van der Waals surface area contributed by atoms with Gasteiger partial charge in [-0.2, -0.15) is 0 Å². The van der Waals surface area contributed by atoms with Crippen LogP contribution in [-0.2, 0) is 4.74 Å². The van der Waals surface area contributed by atoms with Gasteiger partial charge >= 0.3 is 5.97 Å². The van der Waals surface area contributed by atoms with Crippen molar-refractivity contribution in [3.63, 3.8) is 0 Å². The maximum Gasteiger partial charge on any atom is 0.337 e. The van der Waals surface area contributed by atoms with E-state index in [1.165, 1.54) is 7.11 Å². The van der Waals surface area contributed by atoms with Crippen molar-refractivity contribution in [3.05, 3.63) is 23.9 Å². The zero-order valence-electron chi connectivity index (χ0n) is 8.48. The Balaban J connectivity index is 2.84. The molecule has 0 aliphatic carbocycles. The van der Waals surface area contributed by atoms with Crippen LogP contribution in [0, 0.1) is 0 Å². The van der Waals surface area contributed by atoms with E-state index in [1.54, 1.807) is 30.1 Å². The molecule has 0 saturated carbocycles. The molecule has 0 unspecified atom stereocenters. The number of carbonyl (C=O) groups is 1. The Morgan fingerprint density at radius 3 is 2.86 bits per heavy atom. The largest absolute Gasteiger partial charge is 0.465 e. The summed E-state index contributed by atoms with van der Waals surface area (Å²) in [6, 6.07) is 3.40. The Kier molecular flexibility index (Phi) is 3.95. The van der Waals surface area contributed by atoms with Gasteiger partial charge in [-0.25, -0.2) is 9.78 Å². The van der Waals surface area contributed by atoms with Crippen LogP contribution in [0.2, 0.25) is 0 Å². The molecule has 1 aromatic rings. The molecule has 0 aliphatic rings. The number of methoxy groups -OCH3 is 1. The second-order valence-electron chi connectivity index (χ2n) is 3.04. The average molecular weight is 211 g/mol. The van der Waals surface area contributed by atoms with Crippen molar-refractivity contribution in [2.75, 3.05) is 7.11 Å². The Labute approximate surface area is 87.9 Å². The fourth-order valence-corrected chi connectivity index (χ4v) is 1.76. The fraction of sp³-hybridized carbons (Fsp3) is 0.400. The molecule has 0 radical (unpaired) electrons. The van der Waals surface area contributed by atoms with E-state index in [9.17, 15) is 4.79 Å². The number of carbonyl (C=O) groups excluding carboxylic acids is 1. The third kappa shape index (κ3) is 3.03. The summed E-state index contributed by atoms with van der Waals surface area (Å²) in [7, 11) is 1.37. The number of aromatic nitrogens is 1. The predicted octanol–water partition coefficient (Wildman–Crippen LogP) is 2.37. The van der Waals surface area contributed by atoms with Gasteiger partial charge in [0.05, 0.1) is 17.7 Å². The van der Waals surface area contributed by atoms with Crippen molar-refractivity contribution in [2.24, 2.45) is 0 Å². The lowest BCUT2D eigenvalue weighted by Crippen LogP contribution is -2.01. The van der Waals surface area contributed by atoms with E-state index in [-0.39, 0.29) is 5.97 Å². The lowest BCUT2D eigenvalue weighted by atomic mass is 10.3. The number of nitrogens with zero attached hydrogens (tertiary/aromatic N) is 1. The summed E-state index contributed by atoms with van der Waals surface area (Å²) in [5, 5.41) is 1.30. The average Bonchev–Trinajstić information content (AvgIpc) is 2.16. The molecule has 0 saturated heterocycles. The zero-order chi connectivity index (χ0) is 10.6. The first-order chi connectivity index (χ1) is 6.63. The van der Waals surface area contributed by atoms with Crippen LogP contribution in [0.25, 0.3) is 0 Å². The number of ether oxygens (including phenoxy) is 1. The SMILES string of the molecule is COC(=O)c1ccnc(SC(C)C)c1. The zero-order valence-corrected chi connectivity index (χ0v) is 9.30. The van der Waals surface area contributed by atoms with Crippen LogP contribution in [0.4, 0.5) is 0 Å². The molecule has 0 N–H and O–H groups in total. The number of esters is 1. The van der Waals surface area contributed by atoms with Crippen LogP contribution in [0.15, 0.2) is 23.4 Å². The van der Waals surface area contributed by atoms with Crippen LogP contribution < -0.4 is 0 Å². The summed E-state index contributed by atoms with van der Waals surface area (Å²) >= 11 is 1.62. The molecule has 4 heteroatoms. The van der Waals surface area contributed by atoms with Crippen molar-refractivity contribution < 1.29 is 9.53 Å². The summed E-state index contributed by atoms with van der Waals surface area (Å²) in [5.41, 5.74) is 0.547. The number of rotatable bonds is 3. The molecule has 0 atom stereocenters. The van der Waals surface area contributed by atoms with Crippen LogP contribution in [0.3, 0.4) is 0 Å². The van der Waals surface area contributed by atoms with Gasteiger partial charge in [0.2, 0.25) is 0 Å². The highest BCUT2D eigenvalue weighted by atomic mass is 32.2. The van der Waals surface area contributed by atoms with E-state index in [1.807, 2.05) is 0 Å². The fourth-order valence-electron chi connectivity index (χ4n) is 0.960. The first-order valence-corrected chi connectivity index (χ1v) is 5.22. The highest BCUT2D eigenvalue weighted by Crippen LogP contribution is 2.21. The van der Waals surface area contributed by atoms with Gasteiger partial charge in [-0.05, 0) is 12.1 Å². The third-order valence-electron chi connectivity index (χ3n) is 1.51. The predicted molar refractivity (Wildman–Crippen MR) is 56.6 cm³/mol. The van der Waals surface area contributed by atoms with Crippen LogP contribution in [-0.4, -0.2) is 23.3 Å². The lowest BCUT2D eigenvalue weighted by Gasteiger charge is -2.04. The molecule has 1 aromatic heterocycles. The summed E-state index contributed by atoms with van der Waals surface area (Å²) in [6.45, 7) is 4.16. The molecule has 1 heterocycles. The highest BCUT2D eigenvalue weighted by molar-refractivity contribution is 7.99. The molecular formula is C10H13NO2S. The van der Waals surface area contributed by atoms with E-state index in [0.29, 0.717) is 10.8 Å². The maximum absolute atomic E-state index is 11.2. The third-order valence-corrected chi connectivity index (χ3v) is 2.45. The van der Waals surface area contributed by atoms with Gasteiger partial charge in [-0.1, -0.05) is 13.8 Å². The van der Waals surface area contributed by atoms with Gasteiger partial charge in [0.15, 0.2) is 0 Å². The highest BCUT2D eigenvalue weighted by Gasteiger charge is 2.07. The smallest absolute Gasteiger partial charge is 0.337 e. The Morgan fingerprint density at radius 1 is 1.57 bits per heavy atom. The minimum absolute atomic E-state index is 0.321. The topological polar surface area (TPSA) is 39.2 Å². The Bertz CT molecular complexity index is 326. The lowest BCUT2D eigenvalue weighted by molar-refractivity contribution is 0.0600. The molecule has 0 bridgehead atoms. The van der Waals surface area contributed by atoms with Crippen molar-refractivity contribution in [2.45, 2.75) is 24.1 Å². The summed E-state index contributed by atoms with van der Waals surface area (Å²) in [5.74, 6) is -0.321. The van der Waals surface area contributed by atoms with Crippen molar-refractivity contribution >= 4 is 17.7 Å². The van der Waals surface area contributed by atoms with E-state index >= 15 is 0 Å². The van der Waals surface area contributed by atoms with Crippen molar-refractivity contribution in [1.82, 2.24) is 4.98 Å². The second-order valence-corrected chi connectivity index (χ2v) is 4.64. The first kappa shape index (κ1) is 11.0. The van der Waals surface area contributed by atoms with Crippen molar-refractivity contribution in [3.8, 4) is 0 Å². The Hall–Kier alpha value is -1.03. The van der Waals surface area contributed by atoms with Gasteiger partial charge in [-0.3, -0.25) is 0 Å². The molecular weight excluding hydrogens is 198 g/mol. The van der Waals surface area contributed by atoms with E-state index in [4.69, 9.17) is 0 Å². The van der Waals surface area contributed by atoms with Crippen LogP contribution >= 0.6 is 11.8 Å². The minimum Gasteiger partial charge on any atom is -0.465 e. The molecule has 76 valence electrons. The van der Waals surface area contributed by atoms with Gasteiger partial charge in [0.25, 0.3) is 0 Å². The number of hydrogen-bond donors (Lipinski definition) is 0. The standard InChI is InChI=1S/C10H13NO2S/c1-7(2)14-9-6-8(4-5-11-9)10(12)13-3/h4-7H,1-3H3. The minimum atomic E-state index is -0.321. The molecule has 0 fully saturated rings. The van der Waals surface area contributed by atoms with Crippen LogP contribution in [0.5, 0.6) is 0 Å². The van der Waals surface area contributed by atoms with Crippen molar-refractivity contribution in [1.29, 1.82) is 0 Å². The van der Waals surface area contributed by atoms with E-state index < -0.39 is 0 Å². The molecule has 3 nitrogen and oxygen atoms in total.